The summed E-state index contributed by atoms with van der Waals surface area (Å²) in [6, 6.07) is 1.17. The van der Waals surface area contributed by atoms with Crippen LogP contribution < -0.4 is 4.74 Å². The summed E-state index contributed by atoms with van der Waals surface area (Å²) < 4.78 is 32.2. The Morgan fingerprint density at radius 1 is 1.53 bits per heavy atom. The number of fused-ring (bicyclic) bond motifs is 1. The van der Waals surface area contributed by atoms with E-state index in [4.69, 9.17) is 9.94 Å². The van der Waals surface area contributed by atoms with E-state index >= 15 is 0 Å². The first-order chi connectivity index (χ1) is 7.09. The van der Waals surface area contributed by atoms with E-state index in [1.165, 1.54) is 13.1 Å². The zero-order valence-corrected chi connectivity index (χ0v) is 8.26. The Hall–Kier alpha value is -1.20. The van der Waals surface area contributed by atoms with Crippen molar-refractivity contribution in [3.05, 3.63) is 28.8 Å². The maximum Gasteiger partial charge on any atom is 0.137 e. The van der Waals surface area contributed by atoms with E-state index in [2.05, 4.69) is 0 Å². The van der Waals surface area contributed by atoms with Gasteiger partial charge in [0.2, 0.25) is 0 Å². The van der Waals surface area contributed by atoms with Gasteiger partial charge in [0, 0.05) is 30.7 Å². The zero-order chi connectivity index (χ0) is 11.0. The third kappa shape index (κ3) is 1.80. The van der Waals surface area contributed by atoms with Crippen molar-refractivity contribution in [1.29, 1.82) is 0 Å². The van der Waals surface area contributed by atoms with Gasteiger partial charge in [-0.05, 0) is 0 Å². The van der Waals surface area contributed by atoms with Crippen LogP contribution in [0, 0.1) is 11.6 Å². The summed E-state index contributed by atoms with van der Waals surface area (Å²) >= 11 is 0. The highest BCUT2D eigenvalue weighted by molar-refractivity contribution is 5.42. The van der Waals surface area contributed by atoms with Crippen molar-refractivity contribution < 1.29 is 18.7 Å². The monoisotopic (exact) mass is 215 g/mol. The van der Waals surface area contributed by atoms with Gasteiger partial charge < -0.3 is 9.94 Å². The van der Waals surface area contributed by atoms with Crippen LogP contribution in [0.3, 0.4) is 0 Å². The number of hydrogen-bond donors (Lipinski definition) is 1. The lowest BCUT2D eigenvalue weighted by molar-refractivity contribution is -0.0746. The van der Waals surface area contributed by atoms with E-state index in [0.717, 1.165) is 5.06 Å². The molecule has 5 heteroatoms. The number of hydroxylamine groups is 2. The molecule has 0 bridgehead atoms. The lowest BCUT2D eigenvalue weighted by Gasteiger charge is -2.12. The minimum absolute atomic E-state index is 0.121. The predicted molar refractivity (Wildman–Crippen MR) is 48.8 cm³/mol. The van der Waals surface area contributed by atoms with Gasteiger partial charge in [0.05, 0.1) is 13.2 Å². The van der Waals surface area contributed by atoms with Gasteiger partial charge in [0.1, 0.15) is 17.4 Å². The van der Waals surface area contributed by atoms with E-state index in [1.807, 2.05) is 0 Å². The molecule has 0 saturated heterocycles. The van der Waals surface area contributed by atoms with E-state index in [-0.39, 0.29) is 17.9 Å². The predicted octanol–water partition coefficient (Wildman–Crippen LogP) is 1.72. The number of nitrogens with zero attached hydrogens (tertiary/aromatic N) is 1. The Bertz CT molecular complexity index is 393. The van der Waals surface area contributed by atoms with Crippen LogP contribution in [0.1, 0.15) is 11.1 Å². The minimum Gasteiger partial charge on any atom is -0.493 e. The first kappa shape index (κ1) is 10.3. The Morgan fingerprint density at radius 3 is 2.93 bits per heavy atom. The quantitative estimate of drug-likeness (QED) is 0.762. The van der Waals surface area contributed by atoms with Crippen LogP contribution in [0.15, 0.2) is 6.07 Å². The van der Waals surface area contributed by atoms with Crippen LogP contribution in [0.5, 0.6) is 5.75 Å². The smallest absolute Gasteiger partial charge is 0.137 e. The Morgan fingerprint density at radius 2 is 2.27 bits per heavy atom. The minimum atomic E-state index is -0.686. The lowest BCUT2D eigenvalue weighted by Crippen LogP contribution is -2.15. The number of halogens is 2. The molecule has 1 N–H and O–H groups in total. The molecule has 0 unspecified atom stereocenters. The van der Waals surface area contributed by atoms with Crippen molar-refractivity contribution in [3.8, 4) is 5.75 Å². The van der Waals surface area contributed by atoms with Crippen LogP contribution in [-0.4, -0.2) is 23.9 Å². The Labute approximate surface area is 85.8 Å². The van der Waals surface area contributed by atoms with Gasteiger partial charge in [-0.25, -0.2) is 8.78 Å². The summed E-state index contributed by atoms with van der Waals surface area (Å²) in [5.74, 6) is -1.02. The fourth-order valence-corrected chi connectivity index (χ4v) is 1.68. The second-order valence-electron chi connectivity index (χ2n) is 3.54. The second-order valence-corrected chi connectivity index (χ2v) is 3.54. The van der Waals surface area contributed by atoms with Gasteiger partial charge in [0.15, 0.2) is 0 Å². The topological polar surface area (TPSA) is 32.7 Å². The van der Waals surface area contributed by atoms with Crippen molar-refractivity contribution >= 4 is 0 Å². The van der Waals surface area contributed by atoms with Crippen LogP contribution in [0.4, 0.5) is 8.78 Å². The molecule has 3 nitrogen and oxygen atoms in total. The van der Waals surface area contributed by atoms with Crippen molar-refractivity contribution in [2.75, 3.05) is 13.7 Å². The van der Waals surface area contributed by atoms with Gasteiger partial charge in [-0.1, -0.05) is 0 Å². The largest absolute Gasteiger partial charge is 0.493 e. The normalized spacial score (nSPS) is 14.2. The maximum absolute atomic E-state index is 13.7. The van der Waals surface area contributed by atoms with Gasteiger partial charge in [-0.3, -0.25) is 0 Å². The SMILES string of the molecule is CN(O)Cc1c(F)cc2c(c1F)CCO2. The summed E-state index contributed by atoms with van der Waals surface area (Å²) in [6.07, 6.45) is 0.448. The fourth-order valence-electron chi connectivity index (χ4n) is 1.68. The van der Waals surface area contributed by atoms with Crippen LogP contribution >= 0.6 is 0 Å². The molecule has 1 aromatic rings. The average Bonchev–Trinajstić information content (AvgIpc) is 2.59. The zero-order valence-electron chi connectivity index (χ0n) is 8.26. The number of ether oxygens (including phenoxy) is 1. The van der Waals surface area contributed by atoms with Crippen molar-refractivity contribution in [3.63, 3.8) is 0 Å². The second kappa shape index (κ2) is 3.75. The van der Waals surface area contributed by atoms with E-state index in [1.54, 1.807) is 0 Å². The number of rotatable bonds is 2. The van der Waals surface area contributed by atoms with E-state index < -0.39 is 11.6 Å². The van der Waals surface area contributed by atoms with Crippen molar-refractivity contribution in [2.24, 2.45) is 0 Å². The molecule has 1 heterocycles. The molecule has 0 aliphatic carbocycles. The summed E-state index contributed by atoms with van der Waals surface area (Å²) in [7, 11) is 1.34. The molecule has 82 valence electrons. The van der Waals surface area contributed by atoms with E-state index in [0.29, 0.717) is 18.6 Å². The molecule has 1 aliphatic rings. The molecule has 0 radical (unpaired) electrons. The Kier molecular flexibility index (Phi) is 2.58. The standard InChI is InChI=1S/C10H11F2NO2/c1-13(14)5-7-8(11)4-9-6(10(7)12)2-3-15-9/h4,14H,2-3,5H2,1H3. The molecule has 0 aromatic heterocycles. The van der Waals surface area contributed by atoms with Crippen LogP contribution in [0.25, 0.3) is 0 Å². The third-order valence-corrected chi connectivity index (χ3v) is 2.37. The van der Waals surface area contributed by atoms with Crippen LogP contribution in [0.2, 0.25) is 0 Å². The van der Waals surface area contributed by atoms with Gasteiger partial charge in [0.25, 0.3) is 0 Å². The third-order valence-electron chi connectivity index (χ3n) is 2.37. The molecule has 1 aliphatic heterocycles. The molecular weight excluding hydrogens is 204 g/mol. The fraction of sp³-hybridized carbons (Fsp3) is 0.400. The highest BCUT2D eigenvalue weighted by Crippen LogP contribution is 2.31. The summed E-state index contributed by atoms with van der Waals surface area (Å²) in [5.41, 5.74) is 0.275. The summed E-state index contributed by atoms with van der Waals surface area (Å²) in [5, 5.41) is 9.71. The molecular formula is C10H11F2NO2. The summed E-state index contributed by atoms with van der Waals surface area (Å²) in [4.78, 5) is 0. The highest BCUT2D eigenvalue weighted by atomic mass is 19.1. The first-order valence-electron chi connectivity index (χ1n) is 4.62. The number of hydrogen-bond acceptors (Lipinski definition) is 3. The molecule has 0 spiro atoms. The van der Waals surface area contributed by atoms with Gasteiger partial charge in [-0.15, -0.1) is 0 Å². The van der Waals surface area contributed by atoms with Gasteiger partial charge >= 0.3 is 0 Å². The highest BCUT2D eigenvalue weighted by Gasteiger charge is 2.23. The van der Waals surface area contributed by atoms with Crippen molar-refractivity contribution in [1.82, 2.24) is 5.06 Å². The molecule has 0 saturated carbocycles. The van der Waals surface area contributed by atoms with Crippen molar-refractivity contribution in [2.45, 2.75) is 13.0 Å². The number of benzene rings is 1. The maximum atomic E-state index is 13.7. The average molecular weight is 215 g/mol. The van der Waals surface area contributed by atoms with Gasteiger partial charge in [-0.2, -0.15) is 5.06 Å². The molecule has 15 heavy (non-hydrogen) atoms. The molecule has 2 rings (SSSR count). The first-order valence-corrected chi connectivity index (χ1v) is 4.62. The molecule has 0 amide bonds. The van der Waals surface area contributed by atoms with Crippen LogP contribution in [-0.2, 0) is 13.0 Å². The summed E-state index contributed by atoms with van der Waals surface area (Å²) in [6.45, 7) is 0.203. The molecule has 0 atom stereocenters. The Balaban J connectivity index is 2.46. The lowest BCUT2D eigenvalue weighted by atomic mass is 10.1. The molecule has 1 aromatic carbocycles. The van der Waals surface area contributed by atoms with E-state index in [9.17, 15) is 8.78 Å². The molecule has 0 fully saturated rings.